The first-order chi connectivity index (χ1) is 10.8. The average Bonchev–Trinajstić information content (AvgIpc) is 2.92. The number of nitrogens with two attached hydrogens (primary N) is 1. The SMILES string of the molecule is Cc1nc([SH](C)(=O)F)nc(-c2ccc3nccn3c2)c1C(N)=O. The second kappa shape index (κ2) is 5.20. The average molecular weight is 335 g/mol. The standard InChI is InChI=1S/C14H14FN5O2S/c1-8-11(13(16)21)12(19-14(18-8)23(2,15)22)9-3-4-10-17-5-6-20(10)7-9/h3-7,23H,1-2H3,(H2,16,21). The molecule has 0 bridgehead atoms. The molecule has 0 radical (unpaired) electrons. The molecule has 0 atom stereocenters. The number of carbonyl (C=O) groups is 1. The molecule has 1 amide bonds. The second-order valence-corrected chi connectivity index (χ2v) is 7.17. The molecule has 120 valence electrons. The number of imidazole rings is 1. The molecule has 3 heterocycles. The minimum Gasteiger partial charge on any atom is -0.365 e. The van der Waals surface area contributed by atoms with Gasteiger partial charge in [0.15, 0.2) is 0 Å². The zero-order valence-corrected chi connectivity index (χ0v) is 13.3. The number of thiol groups is 1. The van der Waals surface area contributed by atoms with E-state index in [1.54, 1.807) is 35.1 Å². The maximum atomic E-state index is 13.8. The van der Waals surface area contributed by atoms with Crippen molar-refractivity contribution < 1.29 is 12.9 Å². The summed E-state index contributed by atoms with van der Waals surface area (Å²) in [4.78, 5) is 23.7. The van der Waals surface area contributed by atoms with Gasteiger partial charge in [-0.2, -0.15) is 3.89 Å². The molecule has 23 heavy (non-hydrogen) atoms. The minimum atomic E-state index is -4.17. The Morgan fingerprint density at radius 2 is 2.09 bits per heavy atom. The summed E-state index contributed by atoms with van der Waals surface area (Å²) in [7, 11) is -4.17. The van der Waals surface area contributed by atoms with Gasteiger partial charge in [-0.1, -0.05) is 0 Å². The highest BCUT2D eigenvalue weighted by Crippen LogP contribution is 2.26. The molecule has 3 aromatic rings. The lowest BCUT2D eigenvalue weighted by atomic mass is 10.1. The van der Waals surface area contributed by atoms with Crippen molar-refractivity contribution in [1.82, 2.24) is 19.4 Å². The van der Waals surface area contributed by atoms with Crippen LogP contribution in [0.2, 0.25) is 0 Å². The zero-order valence-electron chi connectivity index (χ0n) is 12.4. The first-order valence-electron chi connectivity index (χ1n) is 6.66. The molecule has 0 spiro atoms. The van der Waals surface area contributed by atoms with Gasteiger partial charge in [-0.3, -0.25) is 4.79 Å². The zero-order chi connectivity index (χ0) is 16.8. The third kappa shape index (κ3) is 2.70. The maximum absolute atomic E-state index is 13.8. The number of carbonyl (C=O) groups excluding carboxylic acids is 1. The van der Waals surface area contributed by atoms with Gasteiger partial charge in [0.05, 0.1) is 27.3 Å². The van der Waals surface area contributed by atoms with E-state index < -0.39 is 21.4 Å². The van der Waals surface area contributed by atoms with Crippen LogP contribution in [0.3, 0.4) is 0 Å². The maximum Gasteiger partial charge on any atom is 0.252 e. The van der Waals surface area contributed by atoms with E-state index in [4.69, 9.17) is 5.73 Å². The van der Waals surface area contributed by atoms with Crippen molar-refractivity contribution in [2.24, 2.45) is 5.73 Å². The van der Waals surface area contributed by atoms with Crippen LogP contribution in [0.1, 0.15) is 16.1 Å². The summed E-state index contributed by atoms with van der Waals surface area (Å²) >= 11 is 0. The minimum absolute atomic E-state index is 0.0710. The molecule has 3 aromatic heterocycles. The Kier molecular flexibility index (Phi) is 3.44. The van der Waals surface area contributed by atoms with Gasteiger partial charge in [0.1, 0.15) is 5.65 Å². The Morgan fingerprint density at radius 1 is 1.35 bits per heavy atom. The fourth-order valence-corrected chi connectivity index (χ4v) is 2.91. The Morgan fingerprint density at radius 3 is 2.74 bits per heavy atom. The predicted octanol–water partition coefficient (Wildman–Crippen LogP) is 1.09. The van der Waals surface area contributed by atoms with Crippen molar-refractivity contribution in [3.63, 3.8) is 0 Å². The third-order valence-electron chi connectivity index (χ3n) is 3.34. The molecule has 0 saturated carbocycles. The molecular formula is C14H14FN5O2S. The quantitative estimate of drug-likeness (QED) is 0.424. The van der Waals surface area contributed by atoms with Crippen molar-refractivity contribution >= 4 is 21.9 Å². The van der Waals surface area contributed by atoms with E-state index >= 15 is 0 Å². The molecule has 0 unspecified atom stereocenters. The molecule has 0 fully saturated rings. The Bertz CT molecular complexity index is 978. The van der Waals surface area contributed by atoms with Crippen LogP contribution in [0.25, 0.3) is 16.9 Å². The number of pyridine rings is 1. The Hall–Kier alpha value is -2.68. The summed E-state index contributed by atoms with van der Waals surface area (Å²) in [6, 6.07) is 3.40. The van der Waals surface area contributed by atoms with Crippen molar-refractivity contribution in [3.05, 3.63) is 42.0 Å². The molecule has 0 aliphatic carbocycles. The number of amides is 1. The predicted molar refractivity (Wildman–Crippen MR) is 84.3 cm³/mol. The molecule has 0 aliphatic heterocycles. The summed E-state index contributed by atoms with van der Waals surface area (Å²) in [5.74, 6) is -0.737. The van der Waals surface area contributed by atoms with Gasteiger partial charge < -0.3 is 10.1 Å². The summed E-state index contributed by atoms with van der Waals surface area (Å²) < 4.78 is 27.2. The first-order valence-corrected chi connectivity index (χ1v) is 8.71. The van der Waals surface area contributed by atoms with Crippen LogP contribution >= 0.6 is 0 Å². The number of halogens is 1. The second-order valence-electron chi connectivity index (χ2n) is 5.13. The highest BCUT2D eigenvalue weighted by atomic mass is 32.3. The Balaban J connectivity index is 2.32. The van der Waals surface area contributed by atoms with Crippen molar-refractivity contribution in [2.75, 3.05) is 6.26 Å². The number of aromatic nitrogens is 4. The van der Waals surface area contributed by atoms with Crippen molar-refractivity contribution in [2.45, 2.75) is 12.1 Å². The number of rotatable bonds is 3. The molecule has 0 saturated heterocycles. The molecule has 0 aliphatic rings. The van der Waals surface area contributed by atoms with Crippen LogP contribution in [0.15, 0.2) is 35.9 Å². The summed E-state index contributed by atoms with van der Waals surface area (Å²) in [6.45, 7) is 1.50. The van der Waals surface area contributed by atoms with Gasteiger partial charge in [-0.15, -0.1) is 0 Å². The number of fused-ring (bicyclic) bond motifs is 1. The largest absolute Gasteiger partial charge is 0.365 e. The number of hydrogen-bond donors (Lipinski definition) is 2. The fraction of sp³-hybridized carbons (Fsp3) is 0.143. The Labute approximate surface area is 132 Å². The highest BCUT2D eigenvalue weighted by Gasteiger charge is 2.22. The summed E-state index contributed by atoms with van der Waals surface area (Å²) in [5, 5.41) is -0.430. The molecular weight excluding hydrogens is 321 g/mol. The number of primary amides is 1. The van der Waals surface area contributed by atoms with E-state index in [0.717, 1.165) is 6.26 Å². The van der Waals surface area contributed by atoms with E-state index in [0.29, 0.717) is 11.2 Å². The first kappa shape index (κ1) is 15.2. The van der Waals surface area contributed by atoms with Crippen LogP contribution in [0, 0.1) is 6.92 Å². The van der Waals surface area contributed by atoms with E-state index in [1.165, 1.54) is 6.92 Å². The lowest BCUT2D eigenvalue weighted by molar-refractivity contribution is 0.0999. The molecule has 9 heteroatoms. The van der Waals surface area contributed by atoms with Gasteiger partial charge in [0, 0.05) is 30.4 Å². The smallest absolute Gasteiger partial charge is 0.252 e. The van der Waals surface area contributed by atoms with Crippen LogP contribution in [-0.2, 0) is 10.3 Å². The fourth-order valence-electron chi connectivity index (χ4n) is 2.30. The van der Waals surface area contributed by atoms with Gasteiger partial charge in [0.2, 0.25) is 5.16 Å². The van der Waals surface area contributed by atoms with Gasteiger partial charge in [-0.05, 0) is 19.1 Å². The summed E-state index contributed by atoms with van der Waals surface area (Å²) in [5.41, 5.74) is 7.03. The van der Waals surface area contributed by atoms with Crippen LogP contribution in [0.5, 0.6) is 0 Å². The highest BCUT2D eigenvalue weighted by molar-refractivity contribution is 7.97. The molecule has 0 aromatic carbocycles. The molecule has 7 nitrogen and oxygen atoms in total. The van der Waals surface area contributed by atoms with Crippen molar-refractivity contribution in [1.29, 1.82) is 0 Å². The number of hydrogen-bond acceptors (Lipinski definition) is 5. The van der Waals surface area contributed by atoms with Crippen molar-refractivity contribution in [3.8, 4) is 11.3 Å². The van der Waals surface area contributed by atoms with Gasteiger partial charge in [-0.25, -0.2) is 19.2 Å². The summed E-state index contributed by atoms with van der Waals surface area (Å²) in [6.07, 6.45) is 5.94. The van der Waals surface area contributed by atoms with Gasteiger partial charge >= 0.3 is 0 Å². The monoisotopic (exact) mass is 335 g/mol. The van der Waals surface area contributed by atoms with E-state index in [2.05, 4.69) is 15.0 Å². The van der Waals surface area contributed by atoms with E-state index in [9.17, 15) is 12.9 Å². The van der Waals surface area contributed by atoms with Crippen LogP contribution in [0.4, 0.5) is 3.89 Å². The van der Waals surface area contributed by atoms with Crippen LogP contribution in [-0.4, -0.2) is 35.7 Å². The van der Waals surface area contributed by atoms with Gasteiger partial charge in [0.25, 0.3) is 5.91 Å². The normalized spacial score (nSPS) is 12.5. The molecule has 2 N–H and O–H groups in total. The third-order valence-corrected chi connectivity index (χ3v) is 4.26. The number of aryl methyl sites for hydroxylation is 1. The molecule has 3 rings (SSSR count). The number of nitrogens with zero attached hydrogens (tertiary/aromatic N) is 4. The lowest BCUT2D eigenvalue weighted by Crippen LogP contribution is -2.19. The van der Waals surface area contributed by atoms with Crippen LogP contribution < -0.4 is 5.73 Å². The topological polar surface area (TPSA) is 103 Å². The lowest BCUT2D eigenvalue weighted by Gasteiger charge is -2.14. The van der Waals surface area contributed by atoms with E-state index in [-0.39, 0.29) is 17.0 Å². The van der Waals surface area contributed by atoms with E-state index in [1.807, 2.05) is 0 Å².